The summed E-state index contributed by atoms with van der Waals surface area (Å²) in [6.07, 6.45) is 1.58. The van der Waals surface area contributed by atoms with Gasteiger partial charge in [-0.25, -0.2) is 0 Å². The minimum absolute atomic E-state index is 0.135. The first-order chi connectivity index (χ1) is 18.2. The van der Waals surface area contributed by atoms with Crippen molar-refractivity contribution in [3.63, 3.8) is 0 Å². The number of nitrogens with zero attached hydrogens (tertiary/aromatic N) is 1. The van der Waals surface area contributed by atoms with Crippen LogP contribution in [0.3, 0.4) is 0 Å². The molecular weight excluding hydrogens is 470 g/mol. The van der Waals surface area contributed by atoms with Crippen molar-refractivity contribution < 1.29 is 29.5 Å². The van der Waals surface area contributed by atoms with Crippen molar-refractivity contribution in [3.8, 4) is 17.2 Å². The molecule has 3 rings (SSSR count). The first kappa shape index (κ1) is 28.5. The fourth-order valence-corrected chi connectivity index (χ4v) is 4.39. The van der Waals surface area contributed by atoms with Crippen LogP contribution in [0.4, 0.5) is 0 Å². The van der Waals surface area contributed by atoms with Gasteiger partial charge in [0.25, 0.3) is 0 Å². The normalized spacial score (nSPS) is 13.6. The van der Waals surface area contributed by atoms with Gasteiger partial charge in [-0.3, -0.25) is 4.90 Å². The lowest BCUT2D eigenvalue weighted by molar-refractivity contribution is -0.0224. The Bertz CT molecular complexity index is 832. The molecule has 0 aliphatic carbocycles. The summed E-state index contributed by atoms with van der Waals surface area (Å²) in [4.78, 5) is 2.02. The van der Waals surface area contributed by atoms with Gasteiger partial charge in [0.2, 0.25) is 0 Å². The van der Waals surface area contributed by atoms with Gasteiger partial charge in [-0.2, -0.15) is 0 Å². The summed E-state index contributed by atoms with van der Waals surface area (Å²) in [5, 5.41) is 31.1. The van der Waals surface area contributed by atoms with E-state index < -0.39 is 0 Å². The van der Waals surface area contributed by atoms with E-state index in [9.17, 15) is 15.3 Å². The molecule has 0 radical (unpaired) electrons. The molecule has 3 N–H and O–H groups in total. The molecule has 3 atom stereocenters. The molecule has 0 spiro atoms. The van der Waals surface area contributed by atoms with Gasteiger partial charge in [0.15, 0.2) is 0 Å². The molecule has 0 saturated carbocycles. The van der Waals surface area contributed by atoms with Crippen molar-refractivity contribution in [2.24, 2.45) is 0 Å². The Kier molecular flexibility index (Phi) is 12.8. The minimum atomic E-state index is -0.327. The van der Waals surface area contributed by atoms with Crippen molar-refractivity contribution in [1.82, 2.24) is 4.90 Å². The molecule has 0 aliphatic rings. The number of aliphatic hydroxyl groups is 3. The zero-order valence-electron chi connectivity index (χ0n) is 21.3. The van der Waals surface area contributed by atoms with Crippen molar-refractivity contribution in [2.45, 2.75) is 37.4 Å². The summed E-state index contributed by atoms with van der Waals surface area (Å²) in [7, 11) is 0. The molecule has 37 heavy (non-hydrogen) atoms. The Morgan fingerprint density at radius 2 is 0.730 bits per heavy atom. The van der Waals surface area contributed by atoms with E-state index in [4.69, 9.17) is 14.2 Å². The average Bonchev–Trinajstić information content (AvgIpc) is 2.96. The van der Waals surface area contributed by atoms with Crippen LogP contribution in [0.2, 0.25) is 0 Å². The quantitative estimate of drug-likeness (QED) is 0.240. The molecule has 7 nitrogen and oxygen atoms in total. The molecule has 3 aromatic carbocycles. The largest absolute Gasteiger partial charge is 0.494 e. The first-order valence-electron chi connectivity index (χ1n) is 12.9. The lowest BCUT2D eigenvalue weighted by Gasteiger charge is -2.41. The SMILES string of the molecule is OCC(CCOc1ccccc1)N(C(CO)CCOc1ccccc1)C(CO)CCOc1ccccc1. The fourth-order valence-electron chi connectivity index (χ4n) is 4.39. The smallest absolute Gasteiger partial charge is 0.119 e. The summed E-state index contributed by atoms with van der Waals surface area (Å²) in [5.74, 6) is 2.28. The second kappa shape index (κ2) is 16.6. The van der Waals surface area contributed by atoms with Gasteiger partial charge in [-0.15, -0.1) is 0 Å². The van der Waals surface area contributed by atoms with Crippen LogP contribution in [-0.4, -0.2) is 78.0 Å². The maximum atomic E-state index is 10.4. The van der Waals surface area contributed by atoms with Gasteiger partial charge in [0.1, 0.15) is 17.2 Å². The molecule has 200 valence electrons. The number of hydrogen-bond donors (Lipinski definition) is 3. The van der Waals surface area contributed by atoms with E-state index in [1.165, 1.54) is 0 Å². The highest BCUT2D eigenvalue weighted by Crippen LogP contribution is 2.21. The van der Waals surface area contributed by atoms with Gasteiger partial charge in [0, 0.05) is 18.1 Å². The van der Waals surface area contributed by atoms with E-state index in [-0.39, 0.29) is 37.9 Å². The second-order valence-electron chi connectivity index (χ2n) is 8.81. The molecule has 3 unspecified atom stereocenters. The summed E-state index contributed by atoms with van der Waals surface area (Å²) in [6.45, 7) is 0.772. The number of ether oxygens (including phenoxy) is 3. The molecule has 0 saturated heterocycles. The van der Waals surface area contributed by atoms with E-state index in [1.807, 2.05) is 95.9 Å². The van der Waals surface area contributed by atoms with Gasteiger partial charge in [-0.05, 0) is 55.7 Å². The number of para-hydroxylation sites is 3. The lowest BCUT2D eigenvalue weighted by atomic mass is 10.0. The number of rotatable bonds is 18. The van der Waals surface area contributed by atoms with E-state index in [1.54, 1.807) is 0 Å². The third-order valence-electron chi connectivity index (χ3n) is 6.29. The topological polar surface area (TPSA) is 91.6 Å². The summed E-state index contributed by atoms with van der Waals surface area (Å²) in [5.41, 5.74) is 0. The standard InChI is InChI=1S/C30H39NO6/c32-22-25(16-19-35-28-10-4-1-5-11-28)31(26(23-33)17-20-36-29-12-6-2-7-13-29)27(24-34)18-21-37-30-14-8-3-9-15-30/h1-15,25-27,32-34H,16-24H2. The molecule has 0 aromatic heterocycles. The van der Waals surface area contributed by atoms with Crippen molar-refractivity contribution in [1.29, 1.82) is 0 Å². The Morgan fingerprint density at radius 3 is 0.973 bits per heavy atom. The Labute approximate surface area is 219 Å². The van der Waals surface area contributed by atoms with Crippen LogP contribution in [0.15, 0.2) is 91.0 Å². The van der Waals surface area contributed by atoms with Gasteiger partial charge >= 0.3 is 0 Å². The van der Waals surface area contributed by atoms with Crippen molar-refractivity contribution in [2.75, 3.05) is 39.6 Å². The second-order valence-corrected chi connectivity index (χ2v) is 8.81. The fraction of sp³-hybridized carbons (Fsp3) is 0.400. The van der Waals surface area contributed by atoms with Crippen LogP contribution in [0.25, 0.3) is 0 Å². The van der Waals surface area contributed by atoms with Gasteiger partial charge < -0.3 is 29.5 Å². The number of hydrogen-bond acceptors (Lipinski definition) is 7. The third-order valence-corrected chi connectivity index (χ3v) is 6.29. The molecule has 0 fully saturated rings. The zero-order chi connectivity index (χ0) is 26.1. The maximum Gasteiger partial charge on any atom is 0.119 e. The highest BCUT2D eigenvalue weighted by atomic mass is 16.5. The summed E-state index contributed by atoms with van der Waals surface area (Å²) >= 11 is 0. The van der Waals surface area contributed by atoms with E-state index in [2.05, 4.69) is 0 Å². The average molecular weight is 510 g/mol. The summed E-state index contributed by atoms with van der Waals surface area (Å²) < 4.78 is 17.6. The van der Waals surface area contributed by atoms with Crippen LogP contribution >= 0.6 is 0 Å². The molecular formula is C30H39NO6. The number of aliphatic hydroxyl groups excluding tert-OH is 3. The highest BCUT2D eigenvalue weighted by Gasteiger charge is 2.32. The molecule has 0 aliphatic heterocycles. The molecule has 0 amide bonds. The predicted octanol–water partition coefficient (Wildman–Crippen LogP) is 3.78. The van der Waals surface area contributed by atoms with E-state index in [0.717, 1.165) is 17.2 Å². The predicted molar refractivity (Wildman–Crippen MR) is 144 cm³/mol. The van der Waals surface area contributed by atoms with Crippen molar-refractivity contribution >= 4 is 0 Å². The zero-order valence-corrected chi connectivity index (χ0v) is 21.3. The Hall–Kier alpha value is -3.10. The van der Waals surface area contributed by atoms with E-state index >= 15 is 0 Å². The molecule has 7 heteroatoms. The van der Waals surface area contributed by atoms with Crippen molar-refractivity contribution in [3.05, 3.63) is 91.0 Å². The van der Waals surface area contributed by atoms with Crippen LogP contribution in [-0.2, 0) is 0 Å². The lowest BCUT2D eigenvalue weighted by Crippen LogP contribution is -2.55. The van der Waals surface area contributed by atoms with Crippen LogP contribution < -0.4 is 14.2 Å². The summed E-state index contributed by atoms with van der Waals surface area (Å²) in [6, 6.07) is 27.6. The highest BCUT2D eigenvalue weighted by molar-refractivity contribution is 5.22. The molecule has 3 aromatic rings. The molecule has 0 bridgehead atoms. The van der Waals surface area contributed by atoms with Crippen LogP contribution in [0.1, 0.15) is 19.3 Å². The van der Waals surface area contributed by atoms with Crippen LogP contribution in [0, 0.1) is 0 Å². The van der Waals surface area contributed by atoms with Gasteiger partial charge in [-0.1, -0.05) is 54.6 Å². The van der Waals surface area contributed by atoms with Gasteiger partial charge in [0.05, 0.1) is 39.6 Å². The minimum Gasteiger partial charge on any atom is -0.494 e. The number of benzene rings is 3. The Balaban J connectivity index is 1.67. The maximum absolute atomic E-state index is 10.4. The Morgan fingerprint density at radius 1 is 0.459 bits per heavy atom. The monoisotopic (exact) mass is 509 g/mol. The molecule has 0 heterocycles. The van der Waals surface area contributed by atoms with Crippen LogP contribution in [0.5, 0.6) is 17.2 Å². The first-order valence-corrected chi connectivity index (χ1v) is 12.9. The third kappa shape index (κ3) is 9.70. The van der Waals surface area contributed by atoms with E-state index in [0.29, 0.717) is 39.1 Å².